The van der Waals surface area contributed by atoms with Gasteiger partial charge in [-0.05, 0) is 43.7 Å². The third kappa shape index (κ3) is 4.29. The Bertz CT molecular complexity index is 2050. The molecule has 3 N–H and O–H groups in total. The van der Waals surface area contributed by atoms with Crippen molar-refractivity contribution >= 4 is 33.3 Å². The fourth-order valence-corrected chi connectivity index (χ4v) is 8.78. The molecule has 3 aromatic heterocycles. The minimum Gasteiger partial charge on any atom is -0.472 e. The summed E-state index contributed by atoms with van der Waals surface area (Å²) in [5.41, 5.74) is 7.37. The number of alkyl halides is 1. The highest BCUT2D eigenvalue weighted by Crippen LogP contribution is 2.46. The number of piperazine rings is 1. The molecule has 4 fully saturated rings. The normalized spacial score (nSPS) is 29.4. The van der Waals surface area contributed by atoms with Gasteiger partial charge in [-0.15, -0.1) is 6.42 Å². The minimum atomic E-state index is -0.952. The zero-order valence-electron chi connectivity index (χ0n) is 26.0. The van der Waals surface area contributed by atoms with Gasteiger partial charge < -0.3 is 25.4 Å². The van der Waals surface area contributed by atoms with Crippen molar-refractivity contribution in [1.82, 2.24) is 30.2 Å². The van der Waals surface area contributed by atoms with E-state index in [0.717, 1.165) is 18.4 Å². The highest BCUT2D eigenvalue weighted by atomic mass is 19.1. The molecule has 1 unspecified atom stereocenters. The van der Waals surface area contributed by atoms with Gasteiger partial charge in [0.25, 0.3) is 0 Å². The van der Waals surface area contributed by atoms with E-state index in [1.165, 1.54) is 0 Å². The largest absolute Gasteiger partial charge is 0.472 e. The topological polar surface area (TPSA) is 115 Å². The fourth-order valence-electron chi connectivity index (χ4n) is 8.78. The van der Waals surface area contributed by atoms with Gasteiger partial charge in [0.2, 0.25) is 5.88 Å². The van der Waals surface area contributed by atoms with Crippen molar-refractivity contribution in [2.24, 2.45) is 0 Å². The van der Waals surface area contributed by atoms with Crippen molar-refractivity contribution in [2.75, 3.05) is 36.9 Å². The average Bonchev–Trinajstić information content (AvgIpc) is 3.64. The number of nitrogens with two attached hydrogens (primary N) is 1. The lowest BCUT2D eigenvalue weighted by Gasteiger charge is -2.42. The van der Waals surface area contributed by atoms with Crippen LogP contribution in [-0.4, -0.2) is 87.0 Å². The number of hydrogen-bond donors (Lipinski definition) is 2. The van der Waals surface area contributed by atoms with Crippen LogP contribution in [-0.2, 0) is 0 Å². The van der Waals surface area contributed by atoms with Crippen LogP contribution >= 0.6 is 0 Å². The lowest BCUT2D eigenvalue weighted by atomic mass is 9.93. The van der Waals surface area contributed by atoms with Crippen molar-refractivity contribution in [2.45, 2.75) is 68.5 Å². The van der Waals surface area contributed by atoms with Crippen LogP contribution in [0.15, 0.2) is 36.4 Å². The molecule has 5 aliphatic rings. The number of terminal acetylenes is 1. The predicted molar refractivity (Wildman–Crippen MR) is 175 cm³/mol. The van der Waals surface area contributed by atoms with Crippen molar-refractivity contribution in [1.29, 1.82) is 0 Å². The molecule has 0 spiro atoms. The molecule has 10 nitrogen and oxygen atoms in total. The molecule has 0 saturated carbocycles. The molecule has 6 atom stereocenters. The monoisotopic (exact) mass is 636 g/mol. The van der Waals surface area contributed by atoms with E-state index in [1.807, 2.05) is 19.1 Å². The molecule has 4 aromatic rings. The lowest BCUT2D eigenvalue weighted by molar-refractivity contribution is 0.107. The van der Waals surface area contributed by atoms with Crippen molar-refractivity contribution < 1.29 is 18.3 Å². The number of hydrogen-bond acceptors (Lipinski definition) is 10. The SMILES string of the molecule is C#Cc1cccc2cc(N)nc(-c3nc4c5c(nc(OCC67CC(=C)CN6C[C@H](F)C7)nc5c3F)N3C[C@H]5CC[C@H](N5)[C@H]3[C@H](C)O4)c12. The first kappa shape index (κ1) is 28.6. The Hall–Kier alpha value is -4.60. The van der Waals surface area contributed by atoms with E-state index < -0.39 is 17.5 Å². The number of nitrogens with zero attached hydrogens (tertiary/aromatic N) is 6. The molecule has 12 heteroatoms. The molecule has 8 heterocycles. The molecule has 9 rings (SSSR count). The number of nitrogens with one attached hydrogen (secondary N) is 1. The Morgan fingerprint density at radius 3 is 2.91 bits per heavy atom. The first-order valence-corrected chi connectivity index (χ1v) is 16.2. The number of nitrogen functional groups attached to an aromatic ring is 1. The third-order valence-corrected chi connectivity index (χ3v) is 10.6. The van der Waals surface area contributed by atoms with E-state index in [2.05, 4.69) is 37.6 Å². The van der Waals surface area contributed by atoms with Crippen LogP contribution in [0.2, 0.25) is 0 Å². The van der Waals surface area contributed by atoms with E-state index in [4.69, 9.17) is 31.6 Å². The third-order valence-electron chi connectivity index (χ3n) is 10.6. The predicted octanol–water partition coefficient (Wildman–Crippen LogP) is 4.15. The standard InChI is InChI=1S/C35H34F2N8O2/c1-4-19-6-5-7-20-10-24(38)40-29(25(19)20)30-27(37)28-26-32(45-15-22-8-9-23(39-22)31(45)18(3)47-33(26)41-30)43-34(42-28)46-16-35-11-17(2)13-44(35)14-21(36)12-35/h1,5-7,10,18,21-23,31,39H,2,8-9,11-16H2,3H3,(H2,38,40)/t18-,21+,22+,23-,31+,35?/m0/s1. The number of aromatic nitrogens is 4. The molecule has 5 aliphatic heterocycles. The summed E-state index contributed by atoms with van der Waals surface area (Å²) in [6.45, 7) is 7.94. The summed E-state index contributed by atoms with van der Waals surface area (Å²) in [5.74, 6) is 2.89. The van der Waals surface area contributed by atoms with Crippen LogP contribution in [0.3, 0.4) is 0 Å². The molecular weight excluding hydrogens is 602 g/mol. The molecular formula is C35H34F2N8O2. The highest BCUT2D eigenvalue weighted by molar-refractivity contribution is 6.03. The van der Waals surface area contributed by atoms with Gasteiger partial charge in [-0.2, -0.15) is 9.97 Å². The summed E-state index contributed by atoms with van der Waals surface area (Å²) in [5, 5.41) is 5.36. The molecule has 47 heavy (non-hydrogen) atoms. The number of anilines is 2. The van der Waals surface area contributed by atoms with Gasteiger partial charge in [0.1, 0.15) is 52.8 Å². The molecule has 240 valence electrons. The van der Waals surface area contributed by atoms with E-state index in [0.29, 0.717) is 60.0 Å². The first-order chi connectivity index (χ1) is 22.7. The van der Waals surface area contributed by atoms with Crippen LogP contribution < -0.4 is 25.4 Å². The van der Waals surface area contributed by atoms with Crippen molar-refractivity contribution in [3.05, 3.63) is 47.8 Å². The van der Waals surface area contributed by atoms with Crippen LogP contribution in [0.25, 0.3) is 33.1 Å². The van der Waals surface area contributed by atoms with Gasteiger partial charge in [0.15, 0.2) is 5.82 Å². The molecule has 0 radical (unpaired) electrons. The van der Waals surface area contributed by atoms with E-state index in [-0.39, 0.29) is 65.4 Å². The summed E-state index contributed by atoms with van der Waals surface area (Å²) in [4.78, 5) is 23.2. The van der Waals surface area contributed by atoms with Gasteiger partial charge in [-0.3, -0.25) is 4.90 Å². The lowest BCUT2D eigenvalue weighted by Crippen LogP contribution is -2.62. The number of ether oxygens (including phenoxy) is 2. The van der Waals surface area contributed by atoms with Crippen molar-refractivity contribution in [3.8, 4) is 35.6 Å². The Labute approximate surface area is 270 Å². The fraction of sp³-hybridized carbons (Fsp3) is 0.429. The van der Waals surface area contributed by atoms with E-state index >= 15 is 4.39 Å². The molecule has 2 bridgehead atoms. The van der Waals surface area contributed by atoms with E-state index in [9.17, 15) is 4.39 Å². The van der Waals surface area contributed by atoms with E-state index in [1.54, 1.807) is 12.1 Å². The van der Waals surface area contributed by atoms with Crippen LogP contribution in [0.1, 0.15) is 38.2 Å². The summed E-state index contributed by atoms with van der Waals surface area (Å²) < 4.78 is 44.7. The zero-order valence-corrected chi connectivity index (χ0v) is 26.0. The zero-order chi connectivity index (χ0) is 32.2. The molecule has 1 aromatic carbocycles. The van der Waals surface area contributed by atoms with Crippen LogP contribution in [0.4, 0.5) is 20.4 Å². The van der Waals surface area contributed by atoms with Crippen molar-refractivity contribution in [3.63, 3.8) is 0 Å². The molecule has 0 amide bonds. The Kier molecular flexibility index (Phi) is 6.21. The maximum absolute atomic E-state index is 17.1. The average molecular weight is 637 g/mol. The van der Waals surface area contributed by atoms with Gasteiger partial charge in [-0.25, -0.2) is 18.7 Å². The second kappa shape index (κ2) is 10.2. The second-order valence-corrected chi connectivity index (χ2v) is 13.7. The Morgan fingerprint density at radius 1 is 1.19 bits per heavy atom. The van der Waals surface area contributed by atoms with Gasteiger partial charge in [0, 0.05) is 49.1 Å². The maximum atomic E-state index is 17.1. The summed E-state index contributed by atoms with van der Waals surface area (Å²) in [6, 6.07) is 7.48. The second-order valence-electron chi connectivity index (χ2n) is 13.7. The number of benzene rings is 1. The smallest absolute Gasteiger partial charge is 0.319 e. The van der Waals surface area contributed by atoms with Crippen LogP contribution in [0, 0.1) is 18.2 Å². The number of fused-ring (bicyclic) bond motifs is 7. The number of halogens is 2. The maximum Gasteiger partial charge on any atom is 0.319 e. The summed E-state index contributed by atoms with van der Waals surface area (Å²) in [6.07, 6.45) is 7.58. The number of pyridine rings is 2. The Balaban J connectivity index is 1.25. The molecule has 0 aliphatic carbocycles. The van der Waals surface area contributed by atoms with Gasteiger partial charge >= 0.3 is 6.01 Å². The van der Waals surface area contributed by atoms with Gasteiger partial charge in [0.05, 0.1) is 11.6 Å². The van der Waals surface area contributed by atoms with Crippen LogP contribution in [0.5, 0.6) is 11.9 Å². The van der Waals surface area contributed by atoms with Gasteiger partial charge in [-0.1, -0.05) is 30.2 Å². The highest BCUT2D eigenvalue weighted by Gasteiger charge is 2.51. The minimum absolute atomic E-state index is 0.000675. The Morgan fingerprint density at radius 2 is 2.06 bits per heavy atom. The molecule has 4 saturated heterocycles. The quantitative estimate of drug-likeness (QED) is 0.250. The first-order valence-electron chi connectivity index (χ1n) is 16.2. The number of rotatable bonds is 4. The summed E-state index contributed by atoms with van der Waals surface area (Å²) in [7, 11) is 0. The summed E-state index contributed by atoms with van der Waals surface area (Å²) >= 11 is 0.